The first kappa shape index (κ1) is 60.6. The Morgan fingerprint density at radius 2 is 1.39 bits per heavy atom. The number of thiophene rings is 1. The predicted octanol–water partition coefficient (Wildman–Crippen LogP) is 13.5. The summed E-state index contributed by atoms with van der Waals surface area (Å²) in [5.74, 6) is 1.62. The Balaban J connectivity index is 0.919. The van der Waals surface area contributed by atoms with E-state index in [1.807, 2.05) is 123 Å². The number of methoxy groups -OCH3 is 3. The van der Waals surface area contributed by atoms with Gasteiger partial charge in [-0.1, -0.05) is 102 Å². The molecule has 10 aromatic rings. The molecule has 2 N–H and O–H groups in total. The second-order valence-electron chi connectivity index (χ2n) is 20.9. The van der Waals surface area contributed by atoms with Crippen LogP contribution in [0.25, 0.3) is 32.7 Å². The summed E-state index contributed by atoms with van der Waals surface area (Å²) in [7, 11) is 0.440. The molecule has 7 aromatic carbocycles. The summed E-state index contributed by atoms with van der Waals surface area (Å²) >= 11 is 8.93. The van der Waals surface area contributed by atoms with Crippen LogP contribution in [0.2, 0.25) is 5.02 Å². The van der Waals surface area contributed by atoms with Crippen LogP contribution in [0.3, 0.4) is 0 Å². The number of hydrogen-bond acceptors (Lipinski definition) is 17. The molecule has 20 heteroatoms. The van der Waals surface area contributed by atoms with Crippen molar-refractivity contribution in [3.8, 4) is 62.9 Å². The molecular weight excluding hydrogens is 1180 g/mol. The minimum absolute atomic E-state index is 0.0101. The number of aryl methyl sites for hydroxylation is 1. The van der Waals surface area contributed by atoms with Gasteiger partial charge in [0, 0.05) is 28.6 Å². The van der Waals surface area contributed by atoms with E-state index in [4.69, 9.17) is 53.9 Å². The number of ether oxygens (including phenoxy) is 7. The molecule has 0 spiro atoms. The average Bonchev–Trinajstić information content (AvgIpc) is 1.47. The van der Waals surface area contributed by atoms with Crippen LogP contribution in [0.4, 0.5) is 0 Å². The molecule has 0 bridgehead atoms. The summed E-state index contributed by atoms with van der Waals surface area (Å²) in [6.07, 6.45) is 1.91. The third kappa shape index (κ3) is 13.1. The standard InChI is InChI=1S/C68H61ClN4O13S2/c1-41-15-28-53(29-16-41)88(77,78)84-39-52(38-83-68(45-11-7-6-8-12-45,46-19-24-50(79-3)25-20-46)47-21-26-51(80-4)27-22-47)85-58-32-30-54(42(2)62(58)69)60-61-65(71-40-72-66(61)87-63(60)43-17-18-43)86-59(67(75)76)36-44-35-49(74)23-31-56(44)82-37-48-33-34-70-64(73-48)55-13-9-10-14-57(55)81-5/h6-16,19-35,40,43,52,59,74H,17-18,36-39H2,1-5H3,(H,75,76)/t52-,59-/m1/s1. The molecule has 0 unspecified atom stereocenters. The first-order valence-electron chi connectivity index (χ1n) is 28.1. The van der Waals surface area contributed by atoms with Crippen LogP contribution in [-0.2, 0) is 42.5 Å². The zero-order valence-corrected chi connectivity index (χ0v) is 51.0. The fourth-order valence-electron chi connectivity index (χ4n) is 10.4. The largest absolute Gasteiger partial charge is 0.508 e. The third-order valence-electron chi connectivity index (χ3n) is 15.1. The predicted molar refractivity (Wildman–Crippen MR) is 334 cm³/mol. The second-order valence-corrected chi connectivity index (χ2v) is 24.0. The number of hydrogen-bond donors (Lipinski definition) is 2. The molecule has 17 nitrogen and oxygen atoms in total. The van der Waals surface area contributed by atoms with Gasteiger partial charge in [-0.2, -0.15) is 8.42 Å². The van der Waals surface area contributed by atoms with E-state index in [2.05, 4.69) is 15.0 Å². The first-order chi connectivity index (χ1) is 42.7. The van der Waals surface area contributed by atoms with E-state index in [-0.39, 0.29) is 52.8 Å². The van der Waals surface area contributed by atoms with Gasteiger partial charge in [0.2, 0.25) is 12.0 Å². The van der Waals surface area contributed by atoms with E-state index in [1.165, 1.54) is 41.9 Å². The minimum Gasteiger partial charge on any atom is -0.508 e. The first-order valence-corrected chi connectivity index (χ1v) is 30.7. The van der Waals surface area contributed by atoms with Gasteiger partial charge in [-0.15, -0.1) is 11.3 Å². The number of aromatic nitrogens is 4. The molecule has 11 rings (SSSR count). The SMILES string of the molecule is COc1ccc(C(OC[C@H](COS(=O)(=O)c2ccc(C)cc2)Oc2ccc(-c3c(C4CC4)sc4ncnc(O[C@H](Cc5cc(O)ccc5OCc5ccnc(-c6ccccc6OC)n5)C(=O)O)c34)c(C)c2Cl)(c2ccccc2)c2ccc(OC)cc2)cc1. The summed E-state index contributed by atoms with van der Waals surface area (Å²) in [4.78, 5) is 33.2. The molecule has 0 aliphatic heterocycles. The maximum atomic E-state index is 13.9. The lowest BCUT2D eigenvalue weighted by atomic mass is 9.80. The Morgan fingerprint density at radius 3 is 2.06 bits per heavy atom. The highest BCUT2D eigenvalue weighted by atomic mass is 35.5. The molecule has 0 saturated heterocycles. The molecule has 3 heterocycles. The fourth-order valence-corrected chi connectivity index (χ4v) is 12.9. The number of para-hydroxylation sites is 1. The van der Waals surface area contributed by atoms with E-state index in [1.54, 1.807) is 57.9 Å². The van der Waals surface area contributed by atoms with Gasteiger partial charge >= 0.3 is 5.97 Å². The molecular formula is C68H61ClN4O13S2. The number of carboxylic acids is 1. The van der Waals surface area contributed by atoms with E-state index in [9.17, 15) is 23.4 Å². The number of halogens is 1. The van der Waals surface area contributed by atoms with E-state index >= 15 is 0 Å². The number of phenols is 1. The average molecular weight is 1240 g/mol. The molecule has 450 valence electrons. The Kier molecular flexibility index (Phi) is 18.2. The van der Waals surface area contributed by atoms with Crippen LogP contribution in [0.15, 0.2) is 181 Å². The lowest BCUT2D eigenvalue weighted by molar-refractivity contribution is -0.145. The highest BCUT2D eigenvalue weighted by molar-refractivity contribution is 7.86. The van der Waals surface area contributed by atoms with Gasteiger partial charge in [0.05, 0.1) is 54.5 Å². The highest BCUT2D eigenvalue weighted by Gasteiger charge is 2.40. The van der Waals surface area contributed by atoms with Crippen LogP contribution in [0, 0.1) is 13.8 Å². The normalized spacial score (nSPS) is 13.2. The Morgan fingerprint density at radius 1 is 0.716 bits per heavy atom. The molecule has 88 heavy (non-hydrogen) atoms. The number of carboxylic acid groups (broad SMARTS) is 1. The van der Waals surface area contributed by atoms with Gasteiger partial charge in [-0.3, -0.25) is 4.18 Å². The van der Waals surface area contributed by atoms with Gasteiger partial charge in [0.25, 0.3) is 10.1 Å². The molecule has 1 fully saturated rings. The third-order valence-corrected chi connectivity index (χ3v) is 18.2. The topological polar surface area (TPSA) is 217 Å². The number of carbonyl (C=O) groups is 1. The number of nitrogens with zero attached hydrogens (tertiary/aromatic N) is 4. The van der Waals surface area contributed by atoms with Crippen molar-refractivity contribution in [2.24, 2.45) is 0 Å². The Hall–Kier alpha value is -9.11. The van der Waals surface area contributed by atoms with E-state index < -0.39 is 40.5 Å². The number of rotatable bonds is 26. The zero-order valence-electron chi connectivity index (χ0n) is 48.6. The Bertz CT molecular complexity index is 4180. The van der Waals surface area contributed by atoms with Gasteiger partial charge < -0.3 is 43.4 Å². The van der Waals surface area contributed by atoms with Crippen LogP contribution in [0.1, 0.15) is 62.7 Å². The van der Waals surface area contributed by atoms with Crippen molar-refractivity contribution < 1.29 is 60.8 Å². The van der Waals surface area contributed by atoms with Gasteiger partial charge in [-0.05, 0) is 139 Å². The smallest absolute Gasteiger partial charge is 0.345 e. The molecule has 3 aromatic heterocycles. The van der Waals surface area contributed by atoms with Crippen molar-refractivity contribution in [2.75, 3.05) is 34.5 Å². The van der Waals surface area contributed by atoms with E-state index in [0.717, 1.165) is 45.5 Å². The van der Waals surface area contributed by atoms with Crippen molar-refractivity contribution in [3.63, 3.8) is 0 Å². The van der Waals surface area contributed by atoms with Gasteiger partial charge in [0.1, 0.15) is 70.6 Å². The van der Waals surface area contributed by atoms with Crippen molar-refractivity contribution in [1.82, 2.24) is 19.9 Å². The fraction of sp³-hybridized carbons (Fsp3) is 0.221. The summed E-state index contributed by atoms with van der Waals surface area (Å²) in [5, 5.41) is 22.3. The lowest BCUT2D eigenvalue weighted by Crippen LogP contribution is -2.39. The van der Waals surface area contributed by atoms with Crippen molar-refractivity contribution in [2.45, 2.75) is 68.3 Å². The van der Waals surface area contributed by atoms with Crippen LogP contribution in [-0.4, -0.2) is 91.3 Å². The van der Waals surface area contributed by atoms with E-state index in [0.29, 0.717) is 67.0 Å². The molecule has 0 amide bonds. The second kappa shape index (κ2) is 26.5. The maximum absolute atomic E-state index is 13.9. The molecule has 0 radical (unpaired) electrons. The summed E-state index contributed by atoms with van der Waals surface area (Å²) < 4.78 is 77.2. The lowest BCUT2D eigenvalue weighted by Gasteiger charge is -2.37. The summed E-state index contributed by atoms with van der Waals surface area (Å²) in [6, 6.07) is 48.2. The maximum Gasteiger partial charge on any atom is 0.345 e. The molecule has 2 atom stereocenters. The van der Waals surface area contributed by atoms with Crippen molar-refractivity contribution in [1.29, 1.82) is 0 Å². The van der Waals surface area contributed by atoms with Crippen LogP contribution in [0.5, 0.6) is 40.4 Å². The molecule has 1 aliphatic carbocycles. The monoisotopic (exact) mass is 1240 g/mol. The zero-order chi connectivity index (χ0) is 61.5. The number of phenolic OH excluding ortho intramolecular Hbond substituents is 1. The van der Waals surface area contributed by atoms with Crippen LogP contribution < -0.4 is 28.4 Å². The Labute approximate surface area is 518 Å². The molecule has 1 aliphatic rings. The summed E-state index contributed by atoms with van der Waals surface area (Å²) in [5.41, 5.74) is 5.39. The van der Waals surface area contributed by atoms with Gasteiger partial charge in [-0.25, -0.2) is 24.7 Å². The van der Waals surface area contributed by atoms with Gasteiger partial charge in [0.15, 0.2) is 5.82 Å². The van der Waals surface area contributed by atoms with Crippen LogP contribution >= 0.6 is 22.9 Å². The van der Waals surface area contributed by atoms with Crippen molar-refractivity contribution >= 4 is 49.2 Å². The number of aliphatic carboxylic acids is 1. The summed E-state index contributed by atoms with van der Waals surface area (Å²) in [6.45, 7) is 2.97. The quantitative estimate of drug-likeness (QED) is 0.0380. The number of fused-ring (bicyclic) bond motifs is 1. The van der Waals surface area contributed by atoms with Crippen molar-refractivity contribution in [3.05, 3.63) is 225 Å². The highest BCUT2D eigenvalue weighted by Crippen LogP contribution is 2.54. The minimum atomic E-state index is -4.32. The number of aromatic hydroxyl groups is 1. The molecule has 1 saturated carbocycles. The number of benzene rings is 7.